The van der Waals surface area contributed by atoms with E-state index in [0.29, 0.717) is 5.75 Å². The van der Waals surface area contributed by atoms with E-state index in [9.17, 15) is 13.5 Å². The van der Waals surface area contributed by atoms with Crippen molar-refractivity contribution in [1.82, 2.24) is 0 Å². The molecule has 0 spiro atoms. The maximum atomic E-state index is 11.4. The lowest BCUT2D eigenvalue weighted by atomic mass is 10.1. The fourth-order valence-electron chi connectivity index (χ4n) is 1.98. The molecule has 0 amide bonds. The molecular formula is C12H16O4S. The molecule has 1 N–H and O–H groups in total. The molecule has 1 heterocycles. The van der Waals surface area contributed by atoms with E-state index in [2.05, 4.69) is 0 Å². The minimum atomic E-state index is -3.16. The molecule has 2 unspecified atom stereocenters. The minimum Gasteiger partial charge on any atom is -0.486 e. The molecule has 1 aromatic carbocycles. The van der Waals surface area contributed by atoms with Crippen LogP contribution in [0.15, 0.2) is 24.3 Å². The molecule has 1 aliphatic rings. The van der Waals surface area contributed by atoms with Crippen molar-refractivity contribution in [2.45, 2.75) is 25.6 Å². The third-order valence-electron chi connectivity index (χ3n) is 2.90. The van der Waals surface area contributed by atoms with Gasteiger partial charge < -0.3 is 9.84 Å². The average Bonchev–Trinajstić information content (AvgIpc) is 2.52. The SMILES string of the molecule is CCc1ccccc1OC1CS(=O)(=O)CC1O. The summed E-state index contributed by atoms with van der Waals surface area (Å²) < 4.78 is 28.3. The Morgan fingerprint density at radius 1 is 1.35 bits per heavy atom. The van der Waals surface area contributed by atoms with Gasteiger partial charge in [0.15, 0.2) is 9.84 Å². The largest absolute Gasteiger partial charge is 0.486 e. The molecule has 4 nitrogen and oxygen atoms in total. The van der Waals surface area contributed by atoms with Crippen LogP contribution in [0.1, 0.15) is 12.5 Å². The molecule has 17 heavy (non-hydrogen) atoms. The van der Waals surface area contributed by atoms with Gasteiger partial charge in [0.1, 0.15) is 18.0 Å². The average molecular weight is 256 g/mol. The molecule has 0 bridgehead atoms. The lowest BCUT2D eigenvalue weighted by Crippen LogP contribution is -2.30. The molecular weight excluding hydrogens is 240 g/mol. The smallest absolute Gasteiger partial charge is 0.156 e. The number of sulfone groups is 1. The van der Waals surface area contributed by atoms with E-state index < -0.39 is 22.0 Å². The van der Waals surface area contributed by atoms with Crippen molar-refractivity contribution in [1.29, 1.82) is 0 Å². The van der Waals surface area contributed by atoms with Crippen LogP contribution in [0, 0.1) is 0 Å². The van der Waals surface area contributed by atoms with E-state index >= 15 is 0 Å². The van der Waals surface area contributed by atoms with Gasteiger partial charge in [0.25, 0.3) is 0 Å². The molecule has 94 valence electrons. The van der Waals surface area contributed by atoms with Gasteiger partial charge in [0.05, 0.1) is 11.5 Å². The van der Waals surface area contributed by atoms with Crippen molar-refractivity contribution in [2.24, 2.45) is 0 Å². The summed E-state index contributed by atoms with van der Waals surface area (Å²) in [7, 11) is -3.16. The fourth-order valence-corrected chi connectivity index (χ4v) is 3.65. The van der Waals surface area contributed by atoms with Crippen LogP contribution in [0.5, 0.6) is 5.75 Å². The first-order valence-electron chi connectivity index (χ1n) is 5.65. The summed E-state index contributed by atoms with van der Waals surface area (Å²) in [5.74, 6) is 0.356. The summed E-state index contributed by atoms with van der Waals surface area (Å²) in [5.41, 5.74) is 1.02. The molecule has 5 heteroatoms. The van der Waals surface area contributed by atoms with Crippen LogP contribution in [0.2, 0.25) is 0 Å². The highest BCUT2D eigenvalue weighted by Crippen LogP contribution is 2.24. The molecule has 1 fully saturated rings. The van der Waals surface area contributed by atoms with Gasteiger partial charge in [0.2, 0.25) is 0 Å². The number of rotatable bonds is 3. The minimum absolute atomic E-state index is 0.105. The predicted octanol–water partition coefficient (Wildman–Crippen LogP) is 0.786. The molecule has 1 aromatic rings. The van der Waals surface area contributed by atoms with Crippen molar-refractivity contribution in [3.63, 3.8) is 0 Å². The first kappa shape index (κ1) is 12.4. The van der Waals surface area contributed by atoms with E-state index in [4.69, 9.17) is 4.74 Å². The van der Waals surface area contributed by atoms with Crippen LogP contribution < -0.4 is 4.74 Å². The zero-order valence-electron chi connectivity index (χ0n) is 9.67. The summed E-state index contributed by atoms with van der Waals surface area (Å²) in [4.78, 5) is 0. The number of hydrogen-bond acceptors (Lipinski definition) is 4. The number of para-hydroxylation sites is 1. The normalized spacial score (nSPS) is 26.9. The molecule has 0 radical (unpaired) electrons. The maximum Gasteiger partial charge on any atom is 0.156 e. The lowest BCUT2D eigenvalue weighted by molar-refractivity contribution is 0.0732. The number of benzene rings is 1. The van der Waals surface area contributed by atoms with Crippen molar-refractivity contribution >= 4 is 9.84 Å². The highest BCUT2D eigenvalue weighted by atomic mass is 32.2. The Morgan fingerprint density at radius 2 is 2.06 bits per heavy atom. The summed E-state index contributed by atoms with van der Waals surface area (Å²) in [6, 6.07) is 7.49. The number of aliphatic hydroxyl groups excluding tert-OH is 1. The van der Waals surface area contributed by atoms with Gasteiger partial charge in [0, 0.05) is 0 Å². The number of ether oxygens (including phenoxy) is 1. The van der Waals surface area contributed by atoms with Crippen LogP contribution in [-0.2, 0) is 16.3 Å². The Kier molecular flexibility index (Phi) is 3.40. The summed E-state index contributed by atoms with van der Waals surface area (Å²) >= 11 is 0. The molecule has 0 aromatic heterocycles. The topological polar surface area (TPSA) is 63.6 Å². The number of hydrogen-bond donors (Lipinski definition) is 1. The Balaban J connectivity index is 2.16. The Bertz CT molecular complexity index is 495. The molecule has 0 saturated carbocycles. The second-order valence-corrected chi connectivity index (χ2v) is 6.42. The van der Waals surface area contributed by atoms with Crippen LogP contribution in [0.4, 0.5) is 0 Å². The third-order valence-corrected chi connectivity index (χ3v) is 4.59. The monoisotopic (exact) mass is 256 g/mol. The summed E-state index contributed by atoms with van der Waals surface area (Å²) in [6.45, 7) is 2.00. The van der Waals surface area contributed by atoms with Gasteiger partial charge in [-0.05, 0) is 18.1 Å². The van der Waals surface area contributed by atoms with Gasteiger partial charge in [-0.15, -0.1) is 0 Å². The van der Waals surface area contributed by atoms with Crippen molar-refractivity contribution in [3.8, 4) is 5.75 Å². The summed E-state index contributed by atoms with van der Waals surface area (Å²) in [6.07, 6.45) is -0.760. The Hall–Kier alpha value is -1.07. The van der Waals surface area contributed by atoms with Crippen LogP contribution in [-0.4, -0.2) is 37.2 Å². The van der Waals surface area contributed by atoms with Gasteiger partial charge in [-0.25, -0.2) is 8.42 Å². The van der Waals surface area contributed by atoms with Crippen LogP contribution >= 0.6 is 0 Å². The molecule has 2 rings (SSSR count). The maximum absolute atomic E-state index is 11.4. The first-order chi connectivity index (χ1) is 8.02. The van der Waals surface area contributed by atoms with Crippen LogP contribution in [0.25, 0.3) is 0 Å². The van der Waals surface area contributed by atoms with E-state index in [1.807, 2.05) is 25.1 Å². The number of aryl methyl sites for hydroxylation is 1. The Morgan fingerprint density at radius 3 is 2.65 bits per heavy atom. The fraction of sp³-hybridized carbons (Fsp3) is 0.500. The van der Waals surface area contributed by atoms with Crippen LogP contribution in [0.3, 0.4) is 0 Å². The molecule has 1 saturated heterocycles. The van der Waals surface area contributed by atoms with Crippen molar-refractivity contribution in [3.05, 3.63) is 29.8 Å². The zero-order valence-corrected chi connectivity index (χ0v) is 10.5. The quantitative estimate of drug-likeness (QED) is 0.868. The Labute approximate surface area is 101 Å². The zero-order chi connectivity index (χ0) is 12.5. The standard InChI is InChI=1S/C12H16O4S/c1-2-9-5-3-4-6-11(9)16-12-8-17(14,15)7-10(12)13/h3-6,10,12-13H,2,7-8H2,1H3. The third kappa shape index (κ3) is 2.79. The number of aliphatic hydroxyl groups is 1. The van der Waals surface area contributed by atoms with E-state index in [-0.39, 0.29) is 11.5 Å². The first-order valence-corrected chi connectivity index (χ1v) is 7.47. The van der Waals surface area contributed by atoms with Gasteiger partial charge in [-0.3, -0.25) is 0 Å². The molecule has 2 atom stereocenters. The van der Waals surface area contributed by atoms with Gasteiger partial charge >= 0.3 is 0 Å². The highest BCUT2D eigenvalue weighted by Gasteiger charge is 2.38. The molecule has 0 aliphatic carbocycles. The van der Waals surface area contributed by atoms with Gasteiger partial charge in [-0.2, -0.15) is 0 Å². The van der Waals surface area contributed by atoms with E-state index in [1.54, 1.807) is 6.07 Å². The lowest BCUT2D eigenvalue weighted by Gasteiger charge is -2.17. The predicted molar refractivity (Wildman–Crippen MR) is 64.9 cm³/mol. The highest BCUT2D eigenvalue weighted by molar-refractivity contribution is 7.91. The second-order valence-electron chi connectivity index (χ2n) is 4.26. The molecule has 1 aliphatic heterocycles. The van der Waals surface area contributed by atoms with Crippen molar-refractivity contribution in [2.75, 3.05) is 11.5 Å². The van der Waals surface area contributed by atoms with E-state index in [0.717, 1.165) is 12.0 Å². The van der Waals surface area contributed by atoms with Gasteiger partial charge in [-0.1, -0.05) is 25.1 Å². The summed E-state index contributed by atoms with van der Waals surface area (Å²) in [5, 5.41) is 9.65. The van der Waals surface area contributed by atoms with E-state index in [1.165, 1.54) is 0 Å². The van der Waals surface area contributed by atoms with Crippen molar-refractivity contribution < 1.29 is 18.3 Å². The second kappa shape index (κ2) is 4.66.